The molecule has 0 aliphatic carbocycles. The van der Waals surface area contributed by atoms with Crippen LogP contribution in [0.15, 0.2) is 0 Å². The molecule has 0 radical (unpaired) electrons. The van der Waals surface area contributed by atoms with Gasteiger partial charge < -0.3 is 10.2 Å². The first-order chi connectivity index (χ1) is 8.40. The third-order valence-electron chi connectivity index (χ3n) is 4.10. The predicted octanol–water partition coefficient (Wildman–Crippen LogP) is 1.63. The molecule has 0 aromatic carbocycles. The average Bonchev–Trinajstić information content (AvgIpc) is 2.76. The maximum absolute atomic E-state index is 11.8. The van der Waals surface area contributed by atoms with Crippen molar-refractivity contribution in [1.82, 2.24) is 10.2 Å². The molecule has 1 aliphatic heterocycles. The van der Waals surface area contributed by atoms with Gasteiger partial charge in [0.1, 0.15) is 5.92 Å². The highest BCUT2D eigenvalue weighted by molar-refractivity contribution is 5.80. The van der Waals surface area contributed by atoms with Crippen molar-refractivity contribution in [2.75, 3.05) is 26.7 Å². The van der Waals surface area contributed by atoms with Crippen LogP contribution in [0.1, 0.15) is 33.6 Å². The zero-order valence-corrected chi connectivity index (χ0v) is 12.0. The van der Waals surface area contributed by atoms with Gasteiger partial charge in [0.15, 0.2) is 0 Å². The van der Waals surface area contributed by atoms with Crippen LogP contribution in [-0.4, -0.2) is 37.5 Å². The number of carbonyl (C=O) groups is 1. The predicted molar refractivity (Wildman–Crippen MR) is 71.8 cm³/mol. The highest BCUT2D eigenvalue weighted by atomic mass is 16.1. The van der Waals surface area contributed by atoms with Crippen molar-refractivity contribution in [3.63, 3.8) is 0 Å². The molecule has 1 aliphatic rings. The van der Waals surface area contributed by atoms with E-state index in [0.717, 1.165) is 13.1 Å². The van der Waals surface area contributed by atoms with Gasteiger partial charge in [0, 0.05) is 13.1 Å². The molecule has 1 rings (SSSR count). The molecule has 0 aromatic heterocycles. The number of carbonyl (C=O) groups excluding carboxylic acids is 1. The quantitative estimate of drug-likeness (QED) is 0.808. The lowest BCUT2D eigenvalue weighted by molar-refractivity contribution is -0.124. The van der Waals surface area contributed by atoms with E-state index < -0.39 is 5.92 Å². The minimum atomic E-state index is -0.507. The van der Waals surface area contributed by atoms with Crippen LogP contribution in [0.4, 0.5) is 0 Å². The molecule has 4 nitrogen and oxygen atoms in total. The van der Waals surface area contributed by atoms with Crippen LogP contribution in [0.2, 0.25) is 0 Å². The van der Waals surface area contributed by atoms with Crippen molar-refractivity contribution in [3.05, 3.63) is 0 Å². The SMILES string of the molecule is CCC(C#N)C(=O)NCC(C)(C)C1CCN(C)C1. The highest BCUT2D eigenvalue weighted by Crippen LogP contribution is 2.33. The number of hydrogen-bond donors (Lipinski definition) is 1. The van der Waals surface area contributed by atoms with Crippen molar-refractivity contribution >= 4 is 5.91 Å². The Morgan fingerprint density at radius 1 is 1.61 bits per heavy atom. The minimum absolute atomic E-state index is 0.0914. The third-order valence-corrected chi connectivity index (χ3v) is 4.10. The van der Waals surface area contributed by atoms with E-state index in [9.17, 15) is 4.79 Å². The molecular formula is C14H25N3O. The fourth-order valence-corrected chi connectivity index (χ4v) is 2.49. The number of nitrogens with zero attached hydrogens (tertiary/aromatic N) is 2. The van der Waals surface area contributed by atoms with Crippen LogP contribution in [0.5, 0.6) is 0 Å². The van der Waals surface area contributed by atoms with E-state index >= 15 is 0 Å². The summed E-state index contributed by atoms with van der Waals surface area (Å²) < 4.78 is 0. The lowest BCUT2D eigenvalue weighted by Gasteiger charge is -2.32. The second kappa shape index (κ2) is 6.19. The van der Waals surface area contributed by atoms with Crippen molar-refractivity contribution in [2.24, 2.45) is 17.3 Å². The third kappa shape index (κ3) is 3.71. The van der Waals surface area contributed by atoms with Crippen molar-refractivity contribution in [2.45, 2.75) is 33.6 Å². The number of hydrogen-bond acceptors (Lipinski definition) is 3. The zero-order chi connectivity index (χ0) is 13.8. The molecular weight excluding hydrogens is 226 g/mol. The zero-order valence-electron chi connectivity index (χ0n) is 12.0. The number of rotatable bonds is 5. The Bertz CT molecular complexity index is 332. The van der Waals surface area contributed by atoms with Crippen LogP contribution < -0.4 is 5.32 Å². The van der Waals surface area contributed by atoms with Gasteiger partial charge in [0.2, 0.25) is 5.91 Å². The average molecular weight is 251 g/mol. The van der Waals surface area contributed by atoms with Crippen molar-refractivity contribution < 1.29 is 4.79 Å². The van der Waals surface area contributed by atoms with Gasteiger partial charge in [-0.1, -0.05) is 20.8 Å². The monoisotopic (exact) mass is 251 g/mol. The molecule has 1 heterocycles. The second-order valence-corrected chi connectivity index (χ2v) is 6.04. The number of amides is 1. The molecule has 18 heavy (non-hydrogen) atoms. The highest BCUT2D eigenvalue weighted by Gasteiger charge is 2.34. The topological polar surface area (TPSA) is 56.1 Å². The van der Waals surface area contributed by atoms with E-state index in [0.29, 0.717) is 18.9 Å². The maximum Gasteiger partial charge on any atom is 0.237 e. The summed E-state index contributed by atoms with van der Waals surface area (Å²) in [5, 5.41) is 11.8. The first-order valence-electron chi connectivity index (χ1n) is 6.76. The van der Waals surface area contributed by atoms with E-state index in [4.69, 9.17) is 5.26 Å². The molecule has 1 saturated heterocycles. The summed E-state index contributed by atoms with van der Waals surface area (Å²) in [7, 11) is 2.14. The van der Waals surface area contributed by atoms with Crippen LogP contribution in [0.25, 0.3) is 0 Å². The van der Waals surface area contributed by atoms with Gasteiger partial charge in [-0.25, -0.2) is 0 Å². The standard InChI is InChI=1S/C14H25N3O/c1-5-11(8-15)13(18)16-10-14(2,3)12-6-7-17(4)9-12/h11-12H,5-7,9-10H2,1-4H3,(H,16,18). The number of nitriles is 1. The minimum Gasteiger partial charge on any atom is -0.354 e. The van der Waals surface area contributed by atoms with Gasteiger partial charge in [0.05, 0.1) is 6.07 Å². The second-order valence-electron chi connectivity index (χ2n) is 6.04. The molecule has 2 atom stereocenters. The molecule has 1 amide bonds. The van der Waals surface area contributed by atoms with Gasteiger partial charge in [-0.2, -0.15) is 5.26 Å². The summed E-state index contributed by atoms with van der Waals surface area (Å²) in [6.45, 7) is 9.15. The summed E-state index contributed by atoms with van der Waals surface area (Å²) in [5.74, 6) is -0.0172. The molecule has 1 N–H and O–H groups in total. The van der Waals surface area contributed by atoms with E-state index in [2.05, 4.69) is 31.1 Å². The Hall–Kier alpha value is -1.08. The molecule has 102 valence electrons. The van der Waals surface area contributed by atoms with Crippen LogP contribution in [-0.2, 0) is 4.79 Å². The molecule has 4 heteroatoms. The van der Waals surface area contributed by atoms with Gasteiger partial charge >= 0.3 is 0 Å². The first-order valence-corrected chi connectivity index (χ1v) is 6.76. The smallest absolute Gasteiger partial charge is 0.237 e. The summed E-state index contributed by atoms with van der Waals surface area (Å²) >= 11 is 0. The van der Waals surface area contributed by atoms with E-state index in [1.165, 1.54) is 6.42 Å². The lowest BCUT2D eigenvalue weighted by Crippen LogP contribution is -2.41. The lowest BCUT2D eigenvalue weighted by atomic mass is 9.78. The Morgan fingerprint density at radius 3 is 2.72 bits per heavy atom. The van der Waals surface area contributed by atoms with Crippen LogP contribution in [0.3, 0.4) is 0 Å². The Balaban J connectivity index is 2.47. The van der Waals surface area contributed by atoms with Crippen molar-refractivity contribution in [3.8, 4) is 6.07 Å². The Morgan fingerprint density at radius 2 is 2.28 bits per heavy atom. The normalized spacial score (nSPS) is 22.5. The number of likely N-dealkylation sites (tertiary alicyclic amines) is 1. The van der Waals surface area contributed by atoms with Gasteiger partial charge in [-0.3, -0.25) is 4.79 Å². The summed E-state index contributed by atoms with van der Waals surface area (Å²) in [6, 6.07) is 2.04. The van der Waals surface area contributed by atoms with E-state index in [1.54, 1.807) is 0 Å². The molecule has 0 aromatic rings. The molecule has 0 spiro atoms. The van der Waals surface area contributed by atoms with Gasteiger partial charge in [-0.15, -0.1) is 0 Å². The fraction of sp³-hybridized carbons (Fsp3) is 0.857. The summed E-state index contributed by atoms with van der Waals surface area (Å²) in [5.41, 5.74) is 0.0914. The van der Waals surface area contributed by atoms with Crippen molar-refractivity contribution in [1.29, 1.82) is 5.26 Å². The van der Waals surface area contributed by atoms with Gasteiger partial charge in [0.25, 0.3) is 0 Å². The summed E-state index contributed by atoms with van der Waals surface area (Å²) in [6.07, 6.45) is 1.77. The summed E-state index contributed by atoms with van der Waals surface area (Å²) in [4.78, 5) is 14.1. The van der Waals surface area contributed by atoms with E-state index in [-0.39, 0.29) is 11.3 Å². The van der Waals surface area contributed by atoms with Crippen LogP contribution in [0, 0.1) is 28.6 Å². The van der Waals surface area contributed by atoms with E-state index in [1.807, 2.05) is 13.0 Å². The van der Waals surface area contributed by atoms with Crippen LogP contribution >= 0.6 is 0 Å². The molecule has 0 bridgehead atoms. The largest absolute Gasteiger partial charge is 0.354 e. The maximum atomic E-state index is 11.8. The first kappa shape index (κ1) is 15.0. The molecule has 2 unspecified atom stereocenters. The molecule has 1 fully saturated rings. The fourth-order valence-electron chi connectivity index (χ4n) is 2.49. The molecule has 0 saturated carbocycles. The van der Waals surface area contributed by atoms with Gasteiger partial charge in [-0.05, 0) is 37.8 Å². The Kier molecular flexibility index (Phi) is 5.15. The number of nitrogens with one attached hydrogen (secondary N) is 1. The Labute approximate surface area is 110 Å².